The van der Waals surface area contributed by atoms with Crippen LogP contribution in [-0.4, -0.2) is 21.6 Å². The Bertz CT molecular complexity index is 1380. The fourth-order valence-corrected chi connectivity index (χ4v) is 5.14. The fourth-order valence-electron chi connectivity index (χ4n) is 3.95. The van der Waals surface area contributed by atoms with Crippen LogP contribution in [-0.2, 0) is 10.0 Å². The first-order chi connectivity index (χ1) is 15.9. The number of furan rings is 1. The van der Waals surface area contributed by atoms with Crippen LogP contribution in [0, 0.1) is 12.7 Å². The molecule has 3 aromatic carbocycles. The molecule has 8 heteroatoms. The average Bonchev–Trinajstić information content (AvgIpc) is 3.08. The number of halogens is 1. The first kappa shape index (κ1) is 21.5. The molecule has 170 valence electrons. The van der Waals surface area contributed by atoms with Gasteiger partial charge in [-0.15, -0.1) is 0 Å². The second-order valence-corrected chi connectivity index (χ2v) is 9.58. The molecule has 4 aromatic rings. The Labute approximate surface area is 191 Å². The molecular weight excluding hydrogens is 445 g/mol. The number of rotatable bonds is 5. The summed E-state index contributed by atoms with van der Waals surface area (Å²) in [5.74, 6) is 0.618. The van der Waals surface area contributed by atoms with Gasteiger partial charge in [-0.1, -0.05) is 30.3 Å². The molecule has 1 aliphatic heterocycles. The van der Waals surface area contributed by atoms with Crippen LogP contribution in [0.3, 0.4) is 0 Å². The third-order valence-corrected chi connectivity index (χ3v) is 7.01. The number of hydrogen-bond donors (Lipinski definition) is 1. The molecule has 6 nitrogen and oxygen atoms in total. The highest BCUT2D eigenvalue weighted by Gasteiger charge is 2.30. The Morgan fingerprint density at radius 2 is 1.73 bits per heavy atom. The van der Waals surface area contributed by atoms with Crippen LogP contribution in [0.5, 0.6) is 11.5 Å². The van der Waals surface area contributed by atoms with Gasteiger partial charge in [0, 0.05) is 23.4 Å². The van der Waals surface area contributed by atoms with Gasteiger partial charge in [-0.05, 0) is 42.8 Å². The smallest absolute Gasteiger partial charge is 0.241 e. The summed E-state index contributed by atoms with van der Waals surface area (Å²) in [6.07, 6.45) is 0.704. The van der Waals surface area contributed by atoms with Crippen LogP contribution >= 0.6 is 0 Å². The van der Waals surface area contributed by atoms with Gasteiger partial charge in [0.15, 0.2) is 11.5 Å². The molecule has 1 aliphatic rings. The minimum absolute atomic E-state index is 0.0122. The minimum Gasteiger partial charge on any atom is -0.490 e. The monoisotopic (exact) mass is 467 g/mol. The van der Waals surface area contributed by atoms with Crippen molar-refractivity contribution in [3.63, 3.8) is 0 Å². The molecule has 1 unspecified atom stereocenters. The van der Waals surface area contributed by atoms with Gasteiger partial charge >= 0.3 is 0 Å². The summed E-state index contributed by atoms with van der Waals surface area (Å²) in [5, 5.41) is 0.793. The van der Waals surface area contributed by atoms with Crippen molar-refractivity contribution in [2.75, 3.05) is 13.2 Å². The topological polar surface area (TPSA) is 77.8 Å². The fraction of sp³-hybridized carbons (Fsp3) is 0.200. The van der Waals surface area contributed by atoms with E-state index in [-0.39, 0.29) is 10.5 Å². The number of sulfonamides is 1. The molecular formula is C25H22FNO5S. The number of benzene rings is 3. The van der Waals surface area contributed by atoms with Crippen LogP contribution in [0.15, 0.2) is 76.0 Å². The highest BCUT2D eigenvalue weighted by Crippen LogP contribution is 2.35. The predicted octanol–water partition coefficient (Wildman–Crippen LogP) is 5.11. The Balaban J connectivity index is 1.59. The Hall–Kier alpha value is -3.36. The molecule has 0 radical (unpaired) electrons. The quantitative estimate of drug-likeness (QED) is 0.441. The number of fused-ring (bicyclic) bond motifs is 2. The second kappa shape index (κ2) is 8.53. The molecule has 1 atom stereocenters. The third-order valence-electron chi connectivity index (χ3n) is 5.59. The van der Waals surface area contributed by atoms with Crippen LogP contribution in [0.4, 0.5) is 4.39 Å². The van der Waals surface area contributed by atoms with E-state index in [1.54, 1.807) is 37.3 Å². The van der Waals surface area contributed by atoms with E-state index >= 15 is 0 Å². The summed E-state index contributed by atoms with van der Waals surface area (Å²) in [6, 6.07) is 17.0. The molecule has 1 aromatic heterocycles. The lowest BCUT2D eigenvalue weighted by Crippen LogP contribution is -2.30. The van der Waals surface area contributed by atoms with Crippen LogP contribution in [0.25, 0.3) is 11.0 Å². The summed E-state index contributed by atoms with van der Waals surface area (Å²) in [6.45, 7) is 2.66. The number of ether oxygens (including phenoxy) is 2. The lowest BCUT2D eigenvalue weighted by molar-refractivity contribution is 0.297. The SMILES string of the molecule is Cc1cccc(F)c1C(NS(=O)(=O)c1ccc2c(c1)OCCCO2)c1cc2ccccc2o1. The van der Waals surface area contributed by atoms with Crippen molar-refractivity contribution in [2.45, 2.75) is 24.3 Å². The van der Waals surface area contributed by atoms with Crippen LogP contribution in [0.1, 0.15) is 29.3 Å². The molecule has 0 bridgehead atoms. The van der Waals surface area contributed by atoms with E-state index in [9.17, 15) is 12.8 Å². The molecule has 2 heterocycles. The number of hydrogen-bond acceptors (Lipinski definition) is 5. The summed E-state index contributed by atoms with van der Waals surface area (Å²) in [4.78, 5) is -0.0122. The van der Waals surface area contributed by atoms with Crippen molar-refractivity contribution in [1.29, 1.82) is 0 Å². The number of para-hydroxylation sites is 1. The van der Waals surface area contributed by atoms with Crippen molar-refractivity contribution in [2.24, 2.45) is 0 Å². The molecule has 0 spiro atoms. The zero-order chi connectivity index (χ0) is 23.0. The van der Waals surface area contributed by atoms with Crippen molar-refractivity contribution < 1.29 is 26.7 Å². The molecule has 0 fully saturated rings. The second-order valence-electron chi connectivity index (χ2n) is 7.87. The standard InChI is InChI=1S/C25H22FNO5S/c1-16-6-4-8-19(26)24(16)25(23-14-17-7-2-3-9-20(17)32-23)27-33(28,29)18-10-11-21-22(15-18)31-13-5-12-30-21/h2-4,6-11,14-15,25,27H,5,12-13H2,1H3. The predicted molar refractivity (Wildman–Crippen MR) is 122 cm³/mol. The van der Waals surface area contributed by atoms with Crippen LogP contribution < -0.4 is 14.2 Å². The number of nitrogens with one attached hydrogen (secondary N) is 1. The molecule has 0 saturated heterocycles. The van der Waals surface area contributed by atoms with E-state index in [0.29, 0.717) is 48.0 Å². The molecule has 0 aliphatic carbocycles. The zero-order valence-corrected chi connectivity index (χ0v) is 18.7. The normalized spacial score (nSPS) is 14.7. The average molecular weight is 468 g/mol. The molecule has 0 saturated carbocycles. The third kappa shape index (κ3) is 4.19. The van der Waals surface area contributed by atoms with Crippen molar-refractivity contribution in [3.8, 4) is 11.5 Å². The largest absolute Gasteiger partial charge is 0.490 e. The maximum atomic E-state index is 15.0. The summed E-state index contributed by atoms with van der Waals surface area (Å²) in [7, 11) is -4.08. The van der Waals surface area contributed by atoms with E-state index in [1.807, 2.05) is 18.2 Å². The number of aryl methyl sites for hydroxylation is 1. The maximum absolute atomic E-state index is 15.0. The van der Waals surface area contributed by atoms with Gasteiger partial charge in [-0.25, -0.2) is 12.8 Å². The maximum Gasteiger partial charge on any atom is 0.241 e. The molecule has 5 rings (SSSR count). The Kier molecular flexibility index (Phi) is 5.55. The summed E-state index contributed by atoms with van der Waals surface area (Å²) in [5.41, 5.74) is 1.39. The van der Waals surface area contributed by atoms with Crippen molar-refractivity contribution in [3.05, 3.63) is 89.4 Å². The van der Waals surface area contributed by atoms with E-state index < -0.39 is 21.9 Å². The highest BCUT2D eigenvalue weighted by atomic mass is 32.2. The van der Waals surface area contributed by atoms with E-state index in [2.05, 4.69) is 4.72 Å². The highest BCUT2D eigenvalue weighted by molar-refractivity contribution is 7.89. The van der Waals surface area contributed by atoms with Gasteiger partial charge in [-0.3, -0.25) is 0 Å². The first-order valence-electron chi connectivity index (χ1n) is 10.6. The van der Waals surface area contributed by atoms with Gasteiger partial charge in [0.1, 0.15) is 23.2 Å². The lowest BCUT2D eigenvalue weighted by Gasteiger charge is -2.20. The summed E-state index contributed by atoms with van der Waals surface area (Å²) < 4.78 is 61.7. The lowest BCUT2D eigenvalue weighted by atomic mass is 9.99. The van der Waals surface area contributed by atoms with Crippen molar-refractivity contribution >= 4 is 21.0 Å². The first-order valence-corrected chi connectivity index (χ1v) is 12.1. The van der Waals surface area contributed by atoms with Gasteiger partial charge in [0.25, 0.3) is 0 Å². The molecule has 0 amide bonds. The Morgan fingerprint density at radius 3 is 2.52 bits per heavy atom. The van der Waals surface area contributed by atoms with Crippen molar-refractivity contribution in [1.82, 2.24) is 4.72 Å². The minimum atomic E-state index is -4.08. The zero-order valence-electron chi connectivity index (χ0n) is 17.9. The Morgan fingerprint density at radius 1 is 0.939 bits per heavy atom. The van der Waals surface area contributed by atoms with Gasteiger partial charge in [-0.2, -0.15) is 4.72 Å². The molecule has 33 heavy (non-hydrogen) atoms. The summed E-state index contributed by atoms with van der Waals surface area (Å²) >= 11 is 0. The van der Waals surface area contributed by atoms with Gasteiger partial charge < -0.3 is 13.9 Å². The van der Waals surface area contributed by atoms with Crippen LogP contribution in [0.2, 0.25) is 0 Å². The van der Waals surface area contributed by atoms with E-state index in [1.165, 1.54) is 18.2 Å². The van der Waals surface area contributed by atoms with Gasteiger partial charge in [0.05, 0.1) is 18.1 Å². The molecule has 1 N–H and O–H groups in total. The van der Waals surface area contributed by atoms with E-state index in [0.717, 1.165) is 5.39 Å². The van der Waals surface area contributed by atoms with Gasteiger partial charge in [0.2, 0.25) is 10.0 Å². The van der Waals surface area contributed by atoms with E-state index in [4.69, 9.17) is 13.9 Å².